The largest absolute Gasteiger partial charge is 0.143 e. The molecule has 0 aromatic carbocycles. The lowest BCUT2D eigenvalue weighted by Crippen LogP contribution is -1.67. The van der Waals surface area contributed by atoms with Crippen LogP contribution < -0.4 is 0 Å². The molecule has 0 bridgehead atoms. The zero-order valence-electron chi connectivity index (χ0n) is 8.17. The van der Waals surface area contributed by atoms with Crippen LogP contribution in [0.1, 0.15) is 20.8 Å². The molecular weight excluding hydrogens is 164 g/mol. The van der Waals surface area contributed by atoms with E-state index in [-0.39, 0.29) is 0 Å². The molecule has 0 fully saturated rings. The van der Waals surface area contributed by atoms with Gasteiger partial charge in [-0.1, -0.05) is 50.8 Å². The molecule has 0 saturated heterocycles. The summed E-state index contributed by atoms with van der Waals surface area (Å²) in [5.41, 5.74) is 1.12. The van der Waals surface area contributed by atoms with Crippen molar-refractivity contribution in [3.63, 3.8) is 0 Å². The van der Waals surface area contributed by atoms with Crippen molar-refractivity contribution in [2.75, 3.05) is 0 Å². The Kier molecular flexibility index (Phi) is 11.9. The fraction of sp³-hybridized carbons (Fsp3) is 0.273. The summed E-state index contributed by atoms with van der Waals surface area (Å²) in [4.78, 5) is 0.871. The monoisotopic (exact) mass is 182 g/mol. The van der Waals surface area contributed by atoms with Crippen molar-refractivity contribution < 1.29 is 0 Å². The van der Waals surface area contributed by atoms with Crippen LogP contribution in [0.3, 0.4) is 0 Å². The van der Waals surface area contributed by atoms with E-state index >= 15 is 0 Å². The van der Waals surface area contributed by atoms with Gasteiger partial charge in [-0.05, 0) is 13.0 Å². The van der Waals surface area contributed by atoms with Gasteiger partial charge in [-0.25, -0.2) is 0 Å². The fourth-order valence-electron chi connectivity index (χ4n) is 0.526. The van der Waals surface area contributed by atoms with Gasteiger partial charge in [0.05, 0.1) is 0 Å². The maximum Gasteiger partial charge on any atom is 0.00367 e. The highest BCUT2D eigenvalue weighted by molar-refractivity contribution is 7.84. The van der Waals surface area contributed by atoms with Crippen LogP contribution in [0.5, 0.6) is 0 Å². The number of hydrogen-bond donors (Lipinski definition) is 1. The number of hydrogen-bond acceptors (Lipinski definition) is 1. The Morgan fingerprint density at radius 1 is 1.25 bits per heavy atom. The van der Waals surface area contributed by atoms with Gasteiger partial charge in [0.25, 0.3) is 0 Å². The Labute approximate surface area is 81.8 Å². The molecule has 0 aliphatic heterocycles. The molecule has 0 nitrogen and oxygen atoms in total. The summed E-state index contributed by atoms with van der Waals surface area (Å²) in [6.07, 6.45) is 7.29. The Hall–Kier alpha value is -0.690. The van der Waals surface area contributed by atoms with Gasteiger partial charge in [0.1, 0.15) is 0 Å². The molecule has 68 valence electrons. The molecule has 0 atom stereocenters. The van der Waals surface area contributed by atoms with Crippen LogP contribution in [0.15, 0.2) is 47.9 Å². The van der Waals surface area contributed by atoms with Crippen LogP contribution in [0, 0.1) is 0 Å². The van der Waals surface area contributed by atoms with E-state index in [9.17, 15) is 0 Å². The summed E-state index contributed by atoms with van der Waals surface area (Å²) in [7, 11) is 0. The Morgan fingerprint density at radius 3 is 2.08 bits per heavy atom. The van der Waals surface area contributed by atoms with Crippen LogP contribution >= 0.6 is 12.6 Å². The van der Waals surface area contributed by atoms with Gasteiger partial charge in [0.15, 0.2) is 0 Å². The smallest absolute Gasteiger partial charge is 0.00367 e. The van der Waals surface area contributed by atoms with Gasteiger partial charge in [-0.2, -0.15) is 0 Å². The average molecular weight is 182 g/mol. The quantitative estimate of drug-likeness (QED) is 0.492. The minimum absolute atomic E-state index is 0.871. The van der Waals surface area contributed by atoms with Crippen molar-refractivity contribution in [1.82, 2.24) is 0 Å². The maximum absolute atomic E-state index is 4.13. The summed E-state index contributed by atoms with van der Waals surface area (Å²) < 4.78 is 0. The van der Waals surface area contributed by atoms with E-state index in [2.05, 4.69) is 25.8 Å². The third-order valence-corrected chi connectivity index (χ3v) is 1.28. The van der Waals surface area contributed by atoms with E-state index in [1.807, 2.05) is 32.9 Å². The summed E-state index contributed by atoms with van der Waals surface area (Å²) in [5, 5.41) is 0. The molecule has 0 aromatic heterocycles. The molecular formula is C11H18S. The molecule has 0 aliphatic carbocycles. The Morgan fingerprint density at radius 2 is 1.75 bits per heavy atom. The zero-order chi connectivity index (χ0) is 9.98. The standard InChI is InChI=1S/C9H12S.C2H6/c1-4-6-8(3)7-9(10)5-2;1-2/h4-7,10H,1-2H2,3H3;1-2H3/b8-6-,9-7+;. The van der Waals surface area contributed by atoms with E-state index in [1.54, 1.807) is 12.2 Å². The molecule has 0 amide bonds. The van der Waals surface area contributed by atoms with E-state index in [0.717, 1.165) is 10.5 Å². The summed E-state index contributed by atoms with van der Waals surface area (Å²) in [6.45, 7) is 13.1. The van der Waals surface area contributed by atoms with Crippen LogP contribution in [-0.2, 0) is 0 Å². The van der Waals surface area contributed by atoms with Crippen LogP contribution in [0.4, 0.5) is 0 Å². The number of thiol groups is 1. The van der Waals surface area contributed by atoms with Gasteiger partial charge in [0, 0.05) is 4.91 Å². The second-order valence-corrected chi connectivity index (χ2v) is 2.44. The third kappa shape index (κ3) is 9.31. The first-order chi connectivity index (χ1) is 5.70. The van der Waals surface area contributed by atoms with E-state index < -0.39 is 0 Å². The lowest BCUT2D eigenvalue weighted by molar-refractivity contribution is 1.50. The predicted octanol–water partition coefficient (Wildman–Crippen LogP) is 4.14. The number of allylic oxidation sites excluding steroid dienone is 5. The SMILES string of the molecule is C=C/C=C(C)\C=C(\S)C=C.CC. The number of rotatable bonds is 3. The molecule has 0 N–H and O–H groups in total. The molecule has 0 aromatic rings. The molecule has 0 rings (SSSR count). The molecule has 0 heterocycles. The highest BCUT2D eigenvalue weighted by Gasteiger charge is 1.81. The predicted molar refractivity (Wildman–Crippen MR) is 62.6 cm³/mol. The van der Waals surface area contributed by atoms with Crippen molar-refractivity contribution in [2.24, 2.45) is 0 Å². The lowest BCUT2D eigenvalue weighted by atomic mass is 10.2. The summed E-state index contributed by atoms with van der Waals surface area (Å²) in [6, 6.07) is 0. The van der Waals surface area contributed by atoms with Gasteiger partial charge in [-0.15, -0.1) is 12.6 Å². The normalized spacial score (nSPS) is 11.3. The van der Waals surface area contributed by atoms with Gasteiger partial charge < -0.3 is 0 Å². The van der Waals surface area contributed by atoms with Gasteiger partial charge in [0.2, 0.25) is 0 Å². The zero-order valence-corrected chi connectivity index (χ0v) is 9.07. The average Bonchev–Trinajstić information content (AvgIpc) is 2.08. The minimum Gasteiger partial charge on any atom is -0.143 e. The second-order valence-electron chi connectivity index (χ2n) is 1.92. The highest BCUT2D eigenvalue weighted by atomic mass is 32.1. The summed E-state index contributed by atoms with van der Waals surface area (Å²) >= 11 is 4.13. The molecule has 0 unspecified atom stereocenters. The molecule has 0 aliphatic rings. The van der Waals surface area contributed by atoms with E-state index in [0.29, 0.717) is 0 Å². The topological polar surface area (TPSA) is 0 Å². The van der Waals surface area contributed by atoms with Crippen LogP contribution in [-0.4, -0.2) is 0 Å². The third-order valence-electron chi connectivity index (χ3n) is 0.965. The van der Waals surface area contributed by atoms with Gasteiger partial charge >= 0.3 is 0 Å². The Balaban J connectivity index is 0. The molecule has 1 heteroatoms. The molecule has 12 heavy (non-hydrogen) atoms. The van der Waals surface area contributed by atoms with Crippen LogP contribution in [0.2, 0.25) is 0 Å². The lowest BCUT2D eigenvalue weighted by Gasteiger charge is -1.90. The van der Waals surface area contributed by atoms with Crippen LogP contribution in [0.25, 0.3) is 0 Å². The Bertz CT molecular complexity index is 185. The van der Waals surface area contributed by atoms with E-state index in [1.165, 1.54) is 0 Å². The first-order valence-electron chi connectivity index (χ1n) is 4.03. The first kappa shape index (κ1) is 13.9. The van der Waals surface area contributed by atoms with Crippen molar-refractivity contribution in [1.29, 1.82) is 0 Å². The van der Waals surface area contributed by atoms with Crippen molar-refractivity contribution in [3.8, 4) is 0 Å². The maximum atomic E-state index is 4.13. The van der Waals surface area contributed by atoms with Gasteiger partial charge in [-0.3, -0.25) is 0 Å². The molecule has 0 saturated carbocycles. The molecule has 0 radical (unpaired) electrons. The van der Waals surface area contributed by atoms with Crippen molar-refractivity contribution in [2.45, 2.75) is 20.8 Å². The second kappa shape index (κ2) is 10.3. The van der Waals surface area contributed by atoms with E-state index in [4.69, 9.17) is 0 Å². The van der Waals surface area contributed by atoms with Crippen molar-refractivity contribution in [3.05, 3.63) is 47.9 Å². The fourth-order valence-corrected chi connectivity index (χ4v) is 0.730. The highest BCUT2D eigenvalue weighted by Crippen LogP contribution is 2.06. The first-order valence-corrected chi connectivity index (χ1v) is 4.48. The summed E-state index contributed by atoms with van der Waals surface area (Å²) in [5.74, 6) is 0. The molecule has 0 spiro atoms. The minimum atomic E-state index is 0.871. The van der Waals surface area contributed by atoms with Crippen molar-refractivity contribution >= 4 is 12.6 Å².